The molecule has 0 aromatic heterocycles. The first-order chi connectivity index (χ1) is 14.7. The van der Waals surface area contributed by atoms with Crippen LogP contribution in [0.15, 0.2) is 4.99 Å². The van der Waals surface area contributed by atoms with E-state index in [1.165, 1.54) is 51.9 Å². The molecule has 2 saturated heterocycles. The molecule has 2 N–H and O–H groups in total. The third-order valence-corrected chi connectivity index (χ3v) is 6.85. The number of aliphatic imine (C=N–C) groups is 1. The zero-order chi connectivity index (χ0) is 21.2. The van der Waals surface area contributed by atoms with E-state index in [-0.39, 0.29) is 5.92 Å². The molecule has 1 amide bonds. The van der Waals surface area contributed by atoms with Crippen LogP contribution in [0.2, 0.25) is 0 Å². The van der Waals surface area contributed by atoms with Crippen molar-refractivity contribution in [2.75, 3.05) is 66.0 Å². The Morgan fingerprint density at radius 3 is 2.63 bits per heavy atom. The molecule has 0 aromatic rings. The van der Waals surface area contributed by atoms with Gasteiger partial charge in [-0.05, 0) is 65.7 Å². The molecule has 0 aromatic carbocycles. The first-order valence-corrected chi connectivity index (χ1v) is 12.4. The molecule has 172 valence electrons. The molecule has 30 heavy (non-hydrogen) atoms. The Balaban J connectivity index is 1.39. The fourth-order valence-corrected chi connectivity index (χ4v) is 5.01. The predicted molar refractivity (Wildman–Crippen MR) is 124 cm³/mol. The number of carbonyl (C=O) groups is 1. The molecule has 1 atom stereocenters. The van der Waals surface area contributed by atoms with E-state index in [4.69, 9.17) is 4.99 Å². The normalized spacial score (nSPS) is 25.3. The first kappa shape index (κ1) is 23.3. The Morgan fingerprint density at radius 1 is 1.00 bits per heavy atom. The van der Waals surface area contributed by atoms with Gasteiger partial charge in [0.05, 0.1) is 0 Å². The lowest BCUT2D eigenvalue weighted by molar-refractivity contribution is -0.135. The van der Waals surface area contributed by atoms with Gasteiger partial charge in [0.1, 0.15) is 0 Å². The molecule has 3 rings (SSSR count). The van der Waals surface area contributed by atoms with E-state index >= 15 is 0 Å². The van der Waals surface area contributed by atoms with Crippen LogP contribution in [-0.4, -0.2) is 98.6 Å². The summed E-state index contributed by atoms with van der Waals surface area (Å²) in [4.78, 5) is 24.7. The molecule has 3 aliphatic rings. The van der Waals surface area contributed by atoms with Crippen LogP contribution in [-0.2, 0) is 4.79 Å². The number of likely N-dealkylation sites (tertiary alicyclic amines) is 1. The van der Waals surface area contributed by atoms with Gasteiger partial charge in [-0.3, -0.25) is 9.79 Å². The Bertz CT molecular complexity index is 548. The number of likely N-dealkylation sites (N-methyl/N-ethyl adjacent to an activating group) is 1. The predicted octanol–water partition coefficient (Wildman–Crippen LogP) is 1.75. The second kappa shape index (κ2) is 12.5. The van der Waals surface area contributed by atoms with Crippen molar-refractivity contribution in [2.24, 2.45) is 10.9 Å². The van der Waals surface area contributed by atoms with Crippen LogP contribution in [0.4, 0.5) is 0 Å². The molecule has 1 aliphatic carbocycles. The number of guanidine groups is 1. The summed E-state index contributed by atoms with van der Waals surface area (Å²) in [5.41, 5.74) is 0. The molecule has 2 heterocycles. The minimum atomic E-state index is 0.276. The summed E-state index contributed by atoms with van der Waals surface area (Å²) >= 11 is 0. The Hall–Kier alpha value is -1.34. The second-order valence-corrected chi connectivity index (χ2v) is 9.36. The third-order valence-electron chi connectivity index (χ3n) is 6.85. The van der Waals surface area contributed by atoms with Crippen LogP contribution in [0.25, 0.3) is 0 Å². The molecular weight excluding hydrogens is 376 g/mol. The van der Waals surface area contributed by atoms with Crippen LogP contribution < -0.4 is 10.6 Å². The van der Waals surface area contributed by atoms with Gasteiger partial charge in [-0.15, -0.1) is 0 Å². The quantitative estimate of drug-likeness (QED) is 0.373. The SMILES string of the molecule is CCNC(=NCCCN1CCCN(C)CC1)NC1CCN(C(=O)C2CCCCC2)C1. The topological polar surface area (TPSA) is 63.2 Å². The highest BCUT2D eigenvalue weighted by molar-refractivity contribution is 5.81. The average Bonchev–Trinajstić information content (AvgIpc) is 3.13. The second-order valence-electron chi connectivity index (χ2n) is 9.36. The van der Waals surface area contributed by atoms with Gasteiger partial charge in [0.2, 0.25) is 5.91 Å². The molecule has 7 heteroatoms. The average molecular weight is 421 g/mol. The van der Waals surface area contributed by atoms with E-state index in [0.29, 0.717) is 11.9 Å². The van der Waals surface area contributed by atoms with Crippen molar-refractivity contribution in [3.63, 3.8) is 0 Å². The molecule has 2 aliphatic heterocycles. The number of nitrogens with one attached hydrogen (secondary N) is 2. The van der Waals surface area contributed by atoms with Gasteiger partial charge in [-0.2, -0.15) is 0 Å². The molecule has 0 bridgehead atoms. The monoisotopic (exact) mass is 420 g/mol. The summed E-state index contributed by atoms with van der Waals surface area (Å²) in [5, 5.41) is 6.97. The molecule has 1 unspecified atom stereocenters. The van der Waals surface area contributed by atoms with Gasteiger partial charge in [0.15, 0.2) is 5.96 Å². The van der Waals surface area contributed by atoms with Crippen LogP contribution in [0, 0.1) is 5.92 Å². The highest BCUT2D eigenvalue weighted by atomic mass is 16.2. The van der Waals surface area contributed by atoms with Crippen LogP contribution in [0.5, 0.6) is 0 Å². The number of rotatable bonds is 7. The van der Waals surface area contributed by atoms with E-state index in [2.05, 4.69) is 39.3 Å². The standard InChI is InChI=1S/C23H44N6O/c1-3-24-23(25-12-7-14-28-15-8-13-27(2)17-18-28)26-21-11-16-29(19-21)22(30)20-9-5-4-6-10-20/h20-21H,3-19H2,1-2H3,(H2,24,25,26). The molecule has 1 saturated carbocycles. The van der Waals surface area contributed by atoms with Crippen molar-refractivity contribution >= 4 is 11.9 Å². The van der Waals surface area contributed by atoms with Crippen LogP contribution in [0.1, 0.15) is 58.3 Å². The summed E-state index contributed by atoms with van der Waals surface area (Å²) in [6.07, 6.45) is 9.29. The Morgan fingerprint density at radius 2 is 1.83 bits per heavy atom. The van der Waals surface area contributed by atoms with Crippen LogP contribution >= 0.6 is 0 Å². The fourth-order valence-electron chi connectivity index (χ4n) is 5.01. The zero-order valence-corrected chi connectivity index (χ0v) is 19.4. The van der Waals surface area contributed by atoms with E-state index in [1.54, 1.807) is 0 Å². The summed E-state index contributed by atoms with van der Waals surface area (Å²) in [5.74, 6) is 1.58. The van der Waals surface area contributed by atoms with E-state index in [9.17, 15) is 4.79 Å². The Kier molecular flexibility index (Phi) is 9.72. The van der Waals surface area contributed by atoms with Gasteiger partial charge >= 0.3 is 0 Å². The van der Waals surface area contributed by atoms with Crippen LogP contribution in [0.3, 0.4) is 0 Å². The van der Waals surface area contributed by atoms with Gasteiger partial charge < -0.3 is 25.3 Å². The molecule has 3 fully saturated rings. The van der Waals surface area contributed by atoms with E-state index in [1.807, 2.05) is 0 Å². The number of amides is 1. The maximum Gasteiger partial charge on any atom is 0.225 e. The van der Waals surface area contributed by atoms with E-state index < -0.39 is 0 Å². The van der Waals surface area contributed by atoms with Gasteiger partial charge in [0, 0.05) is 51.2 Å². The molecular formula is C23H44N6O. The summed E-state index contributed by atoms with van der Waals surface area (Å²) < 4.78 is 0. The zero-order valence-electron chi connectivity index (χ0n) is 19.4. The lowest BCUT2D eigenvalue weighted by atomic mass is 9.88. The lowest BCUT2D eigenvalue weighted by Crippen LogP contribution is -2.45. The van der Waals surface area contributed by atoms with Crippen molar-refractivity contribution < 1.29 is 4.79 Å². The molecule has 7 nitrogen and oxygen atoms in total. The maximum absolute atomic E-state index is 12.8. The third kappa shape index (κ3) is 7.41. The smallest absolute Gasteiger partial charge is 0.225 e. The number of hydrogen-bond acceptors (Lipinski definition) is 4. The summed E-state index contributed by atoms with van der Waals surface area (Å²) in [6, 6.07) is 0.316. The number of carbonyl (C=O) groups excluding carboxylic acids is 1. The number of hydrogen-bond donors (Lipinski definition) is 2. The highest BCUT2D eigenvalue weighted by Crippen LogP contribution is 2.26. The van der Waals surface area contributed by atoms with Crippen molar-refractivity contribution in [1.82, 2.24) is 25.3 Å². The van der Waals surface area contributed by atoms with Gasteiger partial charge in [0.25, 0.3) is 0 Å². The minimum Gasteiger partial charge on any atom is -0.357 e. The molecule has 0 radical (unpaired) electrons. The summed E-state index contributed by atoms with van der Waals surface area (Å²) in [6.45, 7) is 11.4. The van der Waals surface area contributed by atoms with Crippen molar-refractivity contribution in [3.8, 4) is 0 Å². The van der Waals surface area contributed by atoms with Gasteiger partial charge in [-0.25, -0.2) is 0 Å². The first-order valence-electron chi connectivity index (χ1n) is 12.4. The minimum absolute atomic E-state index is 0.276. The van der Waals surface area contributed by atoms with Crippen molar-refractivity contribution in [3.05, 3.63) is 0 Å². The fraction of sp³-hybridized carbons (Fsp3) is 0.913. The van der Waals surface area contributed by atoms with Crippen molar-refractivity contribution in [2.45, 2.75) is 64.3 Å². The largest absolute Gasteiger partial charge is 0.357 e. The van der Waals surface area contributed by atoms with Crippen molar-refractivity contribution in [1.29, 1.82) is 0 Å². The number of nitrogens with zero attached hydrogens (tertiary/aromatic N) is 4. The van der Waals surface area contributed by atoms with E-state index in [0.717, 1.165) is 64.4 Å². The summed E-state index contributed by atoms with van der Waals surface area (Å²) in [7, 11) is 2.22. The Labute approximate surface area is 183 Å². The highest BCUT2D eigenvalue weighted by Gasteiger charge is 2.31. The maximum atomic E-state index is 12.8. The van der Waals surface area contributed by atoms with Gasteiger partial charge in [-0.1, -0.05) is 19.3 Å². The lowest BCUT2D eigenvalue weighted by Gasteiger charge is -2.26. The molecule has 0 spiro atoms.